The van der Waals surface area contributed by atoms with E-state index in [1.807, 2.05) is 0 Å². The summed E-state index contributed by atoms with van der Waals surface area (Å²) in [5.74, 6) is -0.273. The fraction of sp³-hybridized carbons (Fsp3) is 0.200. The van der Waals surface area contributed by atoms with Crippen molar-refractivity contribution < 1.29 is 19.1 Å². The molecule has 0 radical (unpaired) electrons. The van der Waals surface area contributed by atoms with Crippen LogP contribution in [0.2, 0.25) is 0 Å². The Labute approximate surface area is 97.7 Å². The van der Waals surface area contributed by atoms with Gasteiger partial charge in [0, 0.05) is 0 Å². The third-order valence-corrected chi connectivity index (χ3v) is 2.06. The molecule has 0 bridgehead atoms. The molecule has 5 N–H and O–H groups in total. The van der Waals surface area contributed by atoms with Crippen LogP contribution in [0.3, 0.4) is 0 Å². The Kier molecular flexibility index (Phi) is 3.76. The average Bonchev–Trinajstić information content (AvgIpc) is 2.27. The van der Waals surface area contributed by atoms with E-state index in [0.29, 0.717) is 0 Å². The van der Waals surface area contributed by atoms with Crippen LogP contribution in [-0.4, -0.2) is 26.2 Å². The van der Waals surface area contributed by atoms with Crippen molar-refractivity contribution in [2.24, 2.45) is 11.5 Å². The van der Waals surface area contributed by atoms with E-state index < -0.39 is 11.9 Å². The summed E-state index contributed by atoms with van der Waals surface area (Å²) in [7, 11) is 2.76. The summed E-state index contributed by atoms with van der Waals surface area (Å²) < 4.78 is 9.98. The van der Waals surface area contributed by atoms with E-state index in [-0.39, 0.29) is 22.7 Å². The molecular formula is C10H13N3O4. The van der Waals surface area contributed by atoms with Crippen LogP contribution in [-0.2, 0) is 0 Å². The minimum absolute atomic E-state index is 0.00523. The lowest BCUT2D eigenvalue weighted by Crippen LogP contribution is -2.23. The van der Waals surface area contributed by atoms with Crippen LogP contribution < -0.4 is 26.3 Å². The topological polar surface area (TPSA) is 117 Å². The van der Waals surface area contributed by atoms with Crippen LogP contribution >= 0.6 is 0 Å². The molecule has 1 aromatic carbocycles. The molecule has 92 valence electrons. The second-order valence-electron chi connectivity index (χ2n) is 3.07. The number of urea groups is 1. The number of nitrogens with one attached hydrogen (secondary N) is 1. The van der Waals surface area contributed by atoms with Gasteiger partial charge in [-0.05, 0) is 12.1 Å². The van der Waals surface area contributed by atoms with Gasteiger partial charge in [0.1, 0.15) is 22.7 Å². The van der Waals surface area contributed by atoms with Crippen LogP contribution in [0.4, 0.5) is 10.5 Å². The molecule has 17 heavy (non-hydrogen) atoms. The van der Waals surface area contributed by atoms with Gasteiger partial charge < -0.3 is 26.3 Å². The summed E-state index contributed by atoms with van der Waals surface area (Å²) >= 11 is 0. The molecule has 3 amide bonds. The summed E-state index contributed by atoms with van der Waals surface area (Å²) in [6.07, 6.45) is 0. The number of hydrogen-bond donors (Lipinski definition) is 3. The number of carbonyl (C=O) groups excluding carboxylic acids is 2. The molecule has 0 heterocycles. The molecule has 1 rings (SSSR count). The predicted molar refractivity (Wildman–Crippen MR) is 61.3 cm³/mol. The zero-order valence-corrected chi connectivity index (χ0v) is 9.44. The number of amides is 3. The first-order chi connectivity index (χ1) is 8.01. The molecule has 1 aromatic rings. The van der Waals surface area contributed by atoms with Gasteiger partial charge in [-0.3, -0.25) is 4.79 Å². The molecular weight excluding hydrogens is 226 g/mol. The Hall–Kier alpha value is -2.44. The van der Waals surface area contributed by atoms with Gasteiger partial charge in [-0.15, -0.1) is 0 Å². The number of hydrogen-bond acceptors (Lipinski definition) is 4. The van der Waals surface area contributed by atoms with Crippen LogP contribution in [0, 0.1) is 0 Å². The molecule has 0 saturated carbocycles. The van der Waals surface area contributed by atoms with Gasteiger partial charge in [0.05, 0.1) is 14.2 Å². The van der Waals surface area contributed by atoms with Crippen molar-refractivity contribution in [2.45, 2.75) is 0 Å². The quantitative estimate of drug-likeness (QED) is 0.700. The summed E-state index contributed by atoms with van der Waals surface area (Å²) in [5.41, 5.74) is 10.3. The first-order valence-corrected chi connectivity index (χ1v) is 4.62. The monoisotopic (exact) mass is 239 g/mol. The summed E-state index contributed by atoms with van der Waals surface area (Å²) in [6.45, 7) is 0. The minimum Gasteiger partial charge on any atom is -0.496 e. The van der Waals surface area contributed by atoms with Crippen molar-refractivity contribution in [2.75, 3.05) is 19.5 Å². The Balaban J connectivity index is 3.46. The van der Waals surface area contributed by atoms with Gasteiger partial charge in [-0.1, -0.05) is 0 Å². The number of rotatable bonds is 4. The third kappa shape index (κ3) is 2.57. The standard InChI is InChI=1S/C10H13N3O4/c1-16-5-3-4-6(17-2)8(13-10(12)15)7(5)9(11)14/h3-4H,1-2H3,(H2,11,14)(H3,12,13,15). The number of benzene rings is 1. The number of anilines is 1. The van der Waals surface area contributed by atoms with Crippen molar-refractivity contribution in [1.29, 1.82) is 0 Å². The maximum Gasteiger partial charge on any atom is 0.316 e. The summed E-state index contributed by atoms with van der Waals surface area (Å²) in [6, 6.07) is 2.20. The van der Waals surface area contributed by atoms with Crippen LogP contribution in [0.5, 0.6) is 11.5 Å². The van der Waals surface area contributed by atoms with Crippen LogP contribution in [0.1, 0.15) is 10.4 Å². The summed E-state index contributed by atoms with van der Waals surface area (Å²) in [5, 5.41) is 2.28. The largest absolute Gasteiger partial charge is 0.496 e. The van der Waals surface area contributed by atoms with Gasteiger partial charge in [0.15, 0.2) is 0 Å². The molecule has 0 spiro atoms. The van der Waals surface area contributed by atoms with Gasteiger partial charge in [-0.25, -0.2) is 4.79 Å². The normalized spacial score (nSPS) is 9.53. The van der Waals surface area contributed by atoms with Crippen LogP contribution in [0.25, 0.3) is 0 Å². The van der Waals surface area contributed by atoms with Crippen molar-refractivity contribution >= 4 is 17.6 Å². The maximum atomic E-state index is 11.3. The van der Waals surface area contributed by atoms with E-state index in [9.17, 15) is 9.59 Å². The number of primary amides is 2. The average molecular weight is 239 g/mol. The molecule has 0 aliphatic carbocycles. The molecule has 0 fully saturated rings. The van der Waals surface area contributed by atoms with E-state index in [2.05, 4.69) is 5.32 Å². The predicted octanol–water partition coefficient (Wildman–Crippen LogP) is 0.293. The van der Waals surface area contributed by atoms with Crippen molar-refractivity contribution in [3.63, 3.8) is 0 Å². The summed E-state index contributed by atoms with van der Waals surface area (Å²) in [4.78, 5) is 22.2. The molecule has 0 unspecified atom stereocenters. The first kappa shape index (κ1) is 12.6. The number of carbonyl (C=O) groups is 2. The van der Waals surface area contributed by atoms with E-state index >= 15 is 0 Å². The smallest absolute Gasteiger partial charge is 0.316 e. The minimum atomic E-state index is -0.834. The zero-order chi connectivity index (χ0) is 13.0. The fourth-order valence-electron chi connectivity index (χ4n) is 1.40. The first-order valence-electron chi connectivity index (χ1n) is 4.62. The molecule has 0 atom stereocenters. The van der Waals surface area contributed by atoms with Gasteiger partial charge in [0.2, 0.25) is 0 Å². The van der Waals surface area contributed by atoms with Crippen LogP contribution in [0.15, 0.2) is 12.1 Å². The SMILES string of the molecule is COc1ccc(OC)c(C(N)=O)c1NC(N)=O. The molecule has 0 saturated heterocycles. The lowest BCUT2D eigenvalue weighted by molar-refractivity contribution is 0.0998. The van der Waals surface area contributed by atoms with E-state index in [1.54, 1.807) is 0 Å². The van der Waals surface area contributed by atoms with E-state index in [0.717, 1.165) is 0 Å². The Morgan fingerprint density at radius 3 is 2.06 bits per heavy atom. The Morgan fingerprint density at radius 1 is 1.12 bits per heavy atom. The highest BCUT2D eigenvalue weighted by Gasteiger charge is 2.20. The molecule has 0 aliphatic heterocycles. The number of methoxy groups -OCH3 is 2. The number of nitrogens with two attached hydrogens (primary N) is 2. The lowest BCUT2D eigenvalue weighted by atomic mass is 10.1. The molecule has 7 nitrogen and oxygen atoms in total. The second-order valence-corrected chi connectivity index (χ2v) is 3.07. The zero-order valence-electron chi connectivity index (χ0n) is 9.44. The van der Waals surface area contributed by atoms with E-state index in [4.69, 9.17) is 20.9 Å². The molecule has 0 aromatic heterocycles. The fourth-order valence-corrected chi connectivity index (χ4v) is 1.40. The highest BCUT2D eigenvalue weighted by Crippen LogP contribution is 2.34. The van der Waals surface area contributed by atoms with Crippen molar-refractivity contribution in [3.05, 3.63) is 17.7 Å². The highest BCUT2D eigenvalue weighted by atomic mass is 16.5. The third-order valence-electron chi connectivity index (χ3n) is 2.06. The van der Waals surface area contributed by atoms with Crippen molar-refractivity contribution in [3.8, 4) is 11.5 Å². The Morgan fingerprint density at radius 2 is 1.65 bits per heavy atom. The van der Waals surface area contributed by atoms with Gasteiger partial charge in [0.25, 0.3) is 5.91 Å². The molecule has 0 aliphatic rings. The van der Waals surface area contributed by atoms with Gasteiger partial charge in [-0.2, -0.15) is 0 Å². The van der Waals surface area contributed by atoms with E-state index in [1.165, 1.54) is 26.4 Å². The maximum absolute atomic E-state index is 11.3. The lowest BCUT2D eigenvalue weighted by Gasteiger charge is -2.14. The molecule has 7 heteroatoms. The second kappa shape index (κ2) is 5.06. The van der Waals surface area contributed by atoms with Crippen molar-refractivity contribution in [1.82, 2.24) is 0 Å². The Bertz CT molecular complexity index is 459. The number of ether oxygens (including phenoxy) is 2. The van der Waals surface area contributed by atoms with Gasteiger partial charge >= 0.3 is 6.03 Å². The highest BCUT2D eigenvalue weighted by molar-refractivity contribution is 6.06.